The van der Waals surface area contributed by atoms with Gasteiger partial charge in [0, 0.05) is 12.8 Å². The molecule has 2 atom stereocenters. The number of carbonyl (C=O) groups is 1. The Hall–Kier alpha value is -0.563. The van der Waals surface area contributed by atoms with Crippen molar-refractivity contribution in [1.29, 1.82) is 0 Å². The summed E-state index contributed by atoms with van der Waals surface area (Å²) in [6, 6.07) is 0. The summed E-state index contributed by atoms with van der Waals surface area (Å²) in [5, 5.41) is -0.343. The van der Waals surface area contributed by atoms with Gasteiger partial charge in [0.1, 0.15) is 6.10 Å². The second-order valence-corrected chi connectivity index (χ2v) is 12.3. The fourth-order valence-electron chi connectivity index (χ4n) is 1.96. The van der Waals surface area contributed by atoms with Crippen molar-refractivity contribution in [2.45, 2.75) is 89.4 Å². The average molecular weight is 340 g/mol. The normalized spacial score (nSPS) is 26.0. The lowest BCUT2D eigenvalue weighted by atomic mass is 10.2. The highest BCUT2D eigenvalue weighted by Crippen LogP contribution is 2.57. The van der Waals surface area contributed by atoms with Gasteiger partial charge < -0.3 is 9.16 Å². The van der Waals surface area contributed by atoms with E-state index in [-0.39, 0.29) is 17.9 Å². The number of esters is 1. The summed E-state index contributed by atoms with van der Waals surface area (Å²) in [6.45, 7) is 11.1. The van der Waals surface area contributed by atoms with Crippen molar-refractivity contribution >= 4 is 14.3 Å². The molecular formula is C15H27F3O3Si. The molecule has 2 unspecified atom stereocenters. The van der Waals surface area contributed by atoms with Crippen molar-refractivity contribution in [1.82, 2.24) is 0 Å². The maximum Gasteiger partial charge on any atom is 0.420 e. The van der Waals surface area contributed by atoms with Crippen LogP contribution in [0.25, 0.3) is 0 Å². The minimum absolute atomic E-state index is 0.154. The Morgan fingerprint density at radius 2 is 1.82 bits per heavy atom. The van der Waals surface area contributed by atoms with Gasteiger partial charge in [-0.3, -0.25) is 4.79 Å². The van der Waals surface area contributed by atoms with E-state index in [0.717, 1.165) is 6.42 Å². The molecule has 1 fully saturated rings. The second kappa shape index (κ2) is 6.15. The minimum atomic E-state index is -4.53. The quantitative estimate of drug-likeness (QED) is 0.514. The van der Waals surface area contributed by atoms with E-state index >= 15 is 0 Å². The van der Waals surface area contributed by atoms with Gasteiger partial charge in [0.2, 0.25) is 0 Å². The summed E-state index contributed by atoms with van der Waals surface area (Å²) in [4.78, 5) is 11.6. The minimum Gasteiger partial charge on any atom is -0.459 e. The number of hydrogen-bond acceptors (Lipinski definition) is 3. The standard InChI is InChI=1S/C15H27F3O3Si/c1-7-8-9-12(19)20-11-10-14(11,15(16,17)18)21-22(5,6)13(2,3)4/h11H,7-10H2,1-6H3. The first-order chi connectivity index (χ1) is 9.77. The summed E-state index contributed by atoms with van der Waals surface area (Å²) >= 11 is 0. The lowest BCUT2D eigenvalue weighted by Gasteiger charge is -2.40. The molecule has 0 saturated heterocycles. The Morgan fingerprint density at radius 3 is 2.23 bits per heavy atom. The highest BCUT2D eigenvalue weighted by molar-refractivity contribution is 6.74. The molecule has 1 aliphatic carbocycles. The van der Waals surface area contributed by atoms with Crippen LogP contribution in [0.4, 0.5) is 13.2 Å². The van der Waals surface area contributed by atoms with Crippen molar-refractivity contribution in [3.8, 4) is 0 Å². The Kier molecular flexibility index (Phi) is 5.45. The van der Waals surface area contributed by atoms with E-state index in [1.165, 1.54) is 0 Å². The maximum absolute atomic E-state index is 13.5. The number of carbonyl (C=O) groups excluding carboxylic acids is 1. The molecule has 22 heavy (non-hydrogen) atoms. The third kappa shape index (κ3) is 4.04. The molecule has 0 spiro atoms. The summed E-state index contributed by atoms with van der Waals surface area (Å²) in [5.74, 6) is -0.572. The van der Waals surface area contributed by atoms with Crippen molar-refractivity contribution in [3.63, 3.8) is 0 Å². The van der Waals surface area contributed by atoms with Gasteiger partial charge in [-0.05, 0) is 24.6 Å². The maximum atomic E-state index is 13.5. The Balaban J connectivity index is 2.83. The highest BCUT2D eigenvalue weighted by Gasteiger charge is 2.76. The Bertz CT molecular complexity index is 415. The lowest BCUT2D eigenvalue weighted by Crippen LogP contribution is -2.51. The van der Waals surface area contributed by atoms with Gasteiger partial charge in [-0.15, -0.1) is 0 Å². The van der Waals surface area contributed by atoms with Crippen LogP contribution >= 0.6 is 0 Å². The van der Waals surface area contributed by atoms with Crippen molar-refractivity contribution in [2.24, 2.45) is 0 Å². The predicted octanol–water partition coefficient (Wildman–Crippen LogP) is 4.82. The van der Waals surface area contributed by atoms with Gasteiger partial charge in [0.25, 0.3) is 0 Å². The molecule has 0 aromatic heterocycles. The van der Waals surface area contributed by atoms with Gasteiger partial charge in [0.15, 0.2) is 13.9 Å². The molecule has 0 aromatic carbocycles. The number of halogens is 3. The van der Waals surface area contributed by atoms with E-state index in [1.54, 1.807) is 13.1 Å². The second-order valence-electron chi connectivity index (χ2n) is 7.54. The summed E-state index contributed by atoms with van der Waals surface area (Å²) < 4.78 is 51.0. The van der Waals surface area contributed by atoms with E-state index in [2.05, 4.69) is 0 Å². The van der Waals surface area contributed by atoms with Crippen LogP contribution in [0.2, 0.25) is 18.1 Å². The summed E-state index contributed by atoms with van der Waals surface area (Å²) in [6.07, 6.45) is -4.45. The molecule has 3 nitrogen and oxygen atoms in total. The SMILES string of the molecule is CCCCC(=O)OC1CC1(O[Si](C)(C)C(C)(C)C)C(F)(F)F. The molecule has 0 N–H and O–H groups in total. The zero-order valence-corrected chi connectivity index (χ0v) is 15.3. The van der Waals surface area contributed by atoms with Crippen LogP contribution in [-0.4, -0.2) is 32.2 Å². The zero-order chi connectivity index (χ0) is 17.4. The van der Waals surface area contributed by atoms with Crippen LogP contribution in [0.1, 0.15) is 53.4 Å². The van der Waals surface area contributed by atoms with Gasteiger partial charge in [-0.2, -0.15) is 13.2 Å². The molecule has 1 aliphatic rings. The molecule has 1 rings (SSSR count). The van der Waals surface area contributed by atoms with Crippen LogP contribution < -0.4 is 0 Å². The third-order valence-electron chi connectivity index (χ3n) is 4.58. The Labute approximate surface area is 131 Å². The molecule has 1 saturated carbocycles. The van der Waals surface area contributed by atoms with Crippen molar-refractivity contribution in [2.75, 3.05) is 0 Å². The number of alkyl halides is 3. The highest BCUT2D eigenvalue weighted by atomic mass is 28.4. The van der Waals surface area contributed by atoms with Gasteiger partial charge >= 0.3 is 12.1 Å². The fraction of sp³-hybridized carbons (Fsp3) is 0.933. The van der Waals surface area contributed by atoms with E-state index in [9.17, 15) is 18.0 Å². The summed E-state index contributed by atoms with van der Waals surface area (Å²) in [5.41, 5.74) is -2.31. The fourth-order valence-corrected chi connectivity index (χ4v) is 3.51. The van der Waals surface area contributed by atoms with Crippen molar-refractivity contribution in [3.05, 3.63) is 0 Å². The van der Waals surface area contributed by atoms with Crippen LogP contribution in [0, 0.1) is 0 Å². The number of rotatable bonds is 6. The number of unbranched alkanes of at least 4 members (excludes halogenated alkanes) is 1. The Morgan fingerprint density at radius 1 is 1.27 bits per heavy atom. The van der Waals surface area contributed by atoms with Gasteiger partial charge in [-0.1, -0.05) is 34.1 Å². The average Bonchev–Trinajstić information content (AvgIpc) is 2.97. The van der Waals surface area contributed by atoms with E-state index in [0.29, 0.717) is 6.42 Å². The number of ether oxygens (including phenoxy) is 1. The zero-order valence-electron chi connectivity index (χ0n) is 14.3. The molecule has 130 valence electrons. The van der Waals surface area contributed by atoms with E-state index in [4.69, 9.17) is 9.16 Å². The topological polar surface area (TPSA) is 35.5 Å². The monoisotopic (exact) mass is 340 g/mol. The largest absolute Gasteiger partial charge is 0.459 e. The first-order valence-electron chi connectivity index (χ1n) is 7.73. The van der Waals surface area contributed by atoms with Crippen LogP contribution in [-0.2, 0) is 14.0 Å². The lowest BCUT2D eigenvalue weighted by molar-refractivity contribution is -0.224. The molecule has 0 bridgehead atoms. The predicted molar refractivity (Wildman–Crippen MR) is 81.1 cm³/mol. The molecule has 0 aliphatic heterocycles. The smallest absolute Gasteiger partial charge is 0.420 e. The van der Waals surface area contributed by atoms with E-state index < -0.39 is 32.2 Å². The molecule has 7 heteroatoms. The number of hydrogen-bond donors (Lipinski definition) is 0. The van der Waals surface area contributed by atoms with Crippen LogP contribution in [0.3, 0.4) is 0 Å². The molecule has 0 aromatic rings. The molecule has 0 heterocycles. The van der Waals surface area contributed by atoms with Crippen molar-refractivity contribution < 1.29 is 27.1 Å². The molecule has 0 amide bonds. The van der Waals surface area contributed by atoms with E-state index in [1.807, 2.05) is 27.7 Å². The summed E-state index contributed by atoms with van der Waals surface area (Å²) in [7, 11) is -2.62. The van der Waals surface area contributed by atoms with Gasteiger partial charge in [0.05, 0.1) is 0 Å². The van der Waals surface area contributed by atoms with Crippen LogP contribution in [0.15, 0.2) is 0 Å². The third-order valence-corrected chi connectivity index (χ3v) is 9.07. The van der Waals surface area contributed by atoms with Gasteiger partial charge in [-0.25, -0.2) is 0 Å². The van der Waals surface area contributed by atoms with Crippen LogP contribution in [0.5, 0.6) is 0 Å². The first-order valence-corrected chi connectivity index (χ1v) is 10.6. The first kappa shape index (κ1) is 19.5. The molecule has 0 radical (unpaired) electrons. The molecular weight excluding hydrogens is 313 g/mol.